The summed E-state index contributed by atoms with van der Waals surface area (Å²) in [4.78, 5) is 26.1. The van der Waals surface area contributed by atoms with Crippen LogP contribution in [0.4, 0.5) is 0 Å². The third-order valence-corrected chi connectivity index (χ3v) is 5.59. The monoisotopic (exact) mass is 390 g/mol. The Kier molecular flexibility index (Phi) is 7.68. The first-order chi connectivity index (χ1) is 13.6. The van der Waals surface area contributed by atoms with Gasteiger partial charge in [-0.25, -0.2) is 0 Å². The summed E-state index contributed by atoms with van der Waals surface area (Å²) in [5, 5.41) is 12.2. The van der Waals surface area contributed by atoms with E-state index in [0.717, 1.165) is 57.0 Å². The highest BCUT2D eigenvalue weighted by Crippen LogP contribution is 2.30. The fourth-order valence-electron chi connectivity index (χ4n) is 3.88. The van der Waals surface area contributed by atoms with E-state index in [9.17, 15) is 14.7 Å². The molecule has 7 nitrogen and oxygen atoms in total. The minimum Gasteiger partial charge on any atom is -0.492 e. The molecule has 28 heavy (non-hydrogen) atoms. The number of carbonyl (C=O) groups is 2. The highest BCUT2D eigenvalue weighted by atomic mass is 16.5. The van der Waals surface area contributed by atoms with Gasteiger partial charge in [0.1, 0.15) is 12.4 Å². The van der Waals surface area contributed by atoms with Crippen LogP contribution in [0.25, 0.3) is 0 Å². The second kappa shape index (κ2) is 10.4. The van der Waals surface area contributed by atoms with Crippen molar-refractivity contribution in [2.24, 2.45) is 11.8 Å². The first kappa shape index (κ1) is 20.6. The third kappa shape index (κ3) is 5.94. The number of amides is 1. The molecule has 0 bridgehead atoms. The Balaban J connectivity index is 1.41. The van der Waals surface area contributed by atoms with Crippen LogP contribution in [0.15, 0.2) is 24.3 Å². The summed E-state index contributed by atoms with van der Waals surface area (Å²) in [5.41, 5.74) is 0.969. The van der Waals surface area contributed by atoms with E-state index in [1.807, 2.05) is 24.3 Å². The molecular weight excluding hydrogens is 360 g/mol. The molecule has 0 radical (unpaired) electrons. The predicted octanol–water partition coefficient (Wildman–Crippen LogP) is 1.90. The summed E-state index contributed by atoms with van der Waals surface area (Å²) < 4.78 is 11.1. The van der Waals surface area contributed by atoms with Crippen molar-refractivity contribution < 1.29 is 24.2 Å². The zero-order valence-corrected chi connectivity index (χ0v) is 16.3. The van der Waals surface area contributed by atoms with E-state index in [4.69, 9.17) is 9.47 Å². The average Bonchev–Trinajstić information content (AvgIpc) is 2.73. The lowest BCUT2D eigenvalue weighted by molar-refractivity contribution is -0.148. The van der Waals surface area contributed by atoms with Crippen molar-refractivity contribution in [3.8, 4) is 5.75 Å². The Morgan fingerprint density at radius 2 is 1.79 bits per heavy atom. The maximum Gasteiger partial charge on any atom is 0.307 e. The number of benzene rings is 1. The Bertz CT molecular complexity index is 643. The molecule has 1 aliphatic carbocycles. The molecule has 7 heteroatoms. The summed E-state index contributed by atoms with van der Waals surface area (Å²) in [6, 6.07) is 7.67. The van der Waals surface area contributed by atoms with Crippen molar-refractivity contribution in [3.63, 3.8) is 0 Å². The van der Waals surface area contributed by atoms with E-state index in [-0.39, 0.29) is 5.91 Å². The smallest absolute Gasteiger partial charge is 0.307 e. The van der Waals surface area contributed by atoms with E-state index < -0.39 is 17.8 Å². The molecule has 2 N–H and O–H groups in total. The highest BCUT2D eigenvalue weighted by Gasteiger charge is 2.35. The quantitative estimate of drug-likeness (QED) is 0.705. The van der Waals surface area contributed by atoms with Crippen LogP contribution in [0.5, 0.6) is 5.75 Å². The topological polar surface area (TPSA) is 88.1 Å². The predicted molar refractivity (Wildman–Crippen MR) is 104 cm³/mol. The summed E-state index contributed by atoms with van der Waals surface area (Å²) in [5.74, 6) is -1.19. The molecule has 0 aromatic heterocycles. The van der Waals surface area contributed by atoms with Crippen molar-refractivity contribution in [2.45, 2.75) is 32.2 Å². The number of rotatable bonds is 8. The standard InChI is InChI=1S/C21H30N2O5/c24-20(18-3-1-2-4-19(18)21(25)26)22-15-16-5-7-17(8-6-16)28-14-11-23-9-12-27-13-10-23/h5-8,18-19H,1-4,9-15H2,(H,22,24)(H,25,26). The molecule has 1 saturated heterocycles. The SMILES string of the molecule is O=C(O)C1CCCCC1C(=O)NCc1ccc(OCCN2CCOCC2)cc1. The Labute approximate surface area is 166 Å². The maximum absolute atomic E-state index is 12.4. The van der Waals surface area contributed by atoms with Gasteiger partial charge in [0, 0.05) is 26.2 Å². The zero-order valence-electron chi connectivity index (χ0n) is 16.3. The molecule has 0 spiro atoms. The summed E-state index contributed by atoms with van der Waals surface area (Å²) in [6.07, 6.45) is 3.04. The minimum atomic E-state index is -0.863. The molecule has 1 aliphatic heterocycles. The van der Waals surface area contributed by atoms with Gasteiger partial charge in [-0.15, -0.1) is 0 Å². The average molecular weight is 390 g/mol. The van der Waals surface area contributed by atoms with Crippen molar-refractivity contribution in [1.82, 2.24) is 10.2 Å². The van der Waals surface area contributed by atoms with Gasteiger partial charge in [0.2, 0.25) is 5.91 Å². The van der Waals surface area contributed by atoms with Gasteiger partial charge in [-0.1, -0.05) is 25.0 Å². The van der Waals surface area contributed by atoms with Crippen LogP contribution in [0, 0.1) is 11.8 Å². The minimum absolute atomic E-state index is 0.155. The normalized spacial score (nSPS) is 23.1. The van der Waals surface area contributed by atoms with Crippen LogP contribution in [-0.4, -0.2) is 61.3 Å². The largest absolute Gasteiger partial charge is 0.492 e. The summed E-state index contributed by atoms with van der Waals surface area (Å²) >= 11 is 0. The van der Waals surface area contributed by atoms with Crippen LogP contribution in [0.1, 0.15) is 31.2 Å². The van der Waals surface area contributed by atoms with Crippen LogP contribution >= 0.6 is 0 Å². The third-order valence-electron chi connectivity index (χ3n) is 5.59. The van der Waals surface area contributed by atoms with Gasteiger partial charge in [-0.2, -0.15) is 0 Å². The van der Waals surface area contributed by atoms with Gasteiger partial charge in [0.15, 0.2) is 0 Å². The molecule has 2 aliphatic rings. The number of aliphatic carboxylic acids is 1. The lowest BCUT2D eigenvalue weighted by Crippen LogP contribution is -2.39. The number of hydrogen-bond donors (Lipinski definition) is 2. The van der Waals surface area contributed by atoms with Crippen molar-refractivity contribution >= 4 is 11.9 Å². The van der Waals surface area contributed by atoms with Gasteiger partial charge in [0.05, 0.1) is 25.0 Å². The van der Waals surface area contributed by atoms with Crippen LogP contribution in [-0.2, 0) is 20.9 Å². The van der Waals surface area contributed by atoms with Gasteiger partial charge in [-0.05, 0) is 30.5 Å². The lowest BCUT2D eigenvalue weighted by Gasteiger charge is -2.27. The van der Waals surface area contributed by atoms with E-state index in [0.29, 0.717) is 26.0 Å². The molecule has 1 saturated carbocycles. The number of ether oxygens (including phenoxy) is 2. The molecular formula is C21H30N2O5. The number of nitrogens with one attached hydrogen (secondary N) is 1. The number of morpholine rings is 1. The second-order valence-corrected chi connectivity index (χ2v) is 7.50. The van der Waals surface area contributed by atoms with E-state index in [1.54, 1.807) is 0 Å². The molecule has 1 aromatic rings. The van der Waals surface area contributed by atoms with E-state index in [1.165, 1.54) is 0 Å². The molecule has 3 rings (SSSR count). The molecule has 2 atom stereocenters. The number of nitrogens with zero attached hydrogens (tertiary/aromatic N) is 1. The van der Waals surface area contributed by atoms with Gasteiger partial charge in [-0.3, -0.25) is 14.5 Å². The van der Waals surface area contributed by atoms with Crippen LogP contribution in [0.3, 0.4) is 0 Å². The van der Waals surface area contributed by atoms with Crippen molar-refractivity contribution in [3.05, 3.63) is 29.8 Å². The first-order valence-electron chi connectivity index (χ1n) is 10.2. The van der Waals surface area contributed by atoms with Gasteiger partial charge >= 0.3 is 5.97 Å². The molecule has 1 heterocycles. The Morgan fingerprint density at radius 3 is 2.46 bits per heavy atom. The molecule has 154 valence electrons. The van der Waals surface area contributed by atoms with Crippen LogP contribution in [0.2, 0.25) is 0 Å². The second-order valence-electron chi connectivity index (χ2n) is 7.50. The number of carbonyl (C=O) groups excluding carboxylic acids is 1. The lowest BCUT2D eigenvalue weighted by atomic mass is 9.78. The Morgan fingerprint density at radius 1 is 1.11 bits per heavy atom. The van der Waals surface area contributed by atoms with Crippen molar-refractivity contribution in [2.75, 3.05) is 39.5 Å². The maximum atomic E-state index is 12.4. The summed E-state index contributed by atoms with van der Waals surface area (Å²) in [6.45, 7) is 5.39. The van der Waals surface area contributed by atoms with E-state index >= 15 is 0 Å². The number of carboxylic acid groups (broad SMARTS) is 1. The zero-order chi connectivity index (χ0) is 19.8. The fourth-order valence-corrected chi connectivity index (χ4v) is 3.88. The van der Waals surface area contributed by atoms with Crippen LogP contribution < -0.4 is 10.1 Å². The number of carboxylic acids is 1. The highest BCUT2D eigenvalue weighted by molar-refractivity contribution is 5.84. The summed E-state index contributed by atoms with van der Waals surface area (Å²) in [7, 11) is 0. The molecule has 2 unspecified atom stereocenters. The van der Waals surface area contributed by atoms with Gasteiger partial charge in [0.25, 0.3) is 0 Å². The fraction of sp³-hybridized carbons (Fsp3) is 0.619. The molecule has 1 amide bonds. The van der Waals surface area contributed by atoms with Gasteiger partial charge < -0.3 is 19.9 Å². The van der Waals surface area contributed by atoms with E-state index in [2.05, 4.69) is 10.2 Å². The molecule has 2 fully saturated rings. The number of hydrogen-bond acceptors (Lipinski definition) is 5. The molecule has 1 aromatic carbocycles. The van der Waals surface area contributed by atoms with Crippen molar-refractivity contribution in [1.29, 1.82) is 0 Å². The Hall–Kier alpha value is -2.12. The first-order valence-corrected chi connectivity index (χ1v) is 10.2.